The lowest BCUT2D eigenvalue weighted by Gasteiger charge is -2.26. The Morgan fingerprint density at radius 3 is 3.27 bits per heavy atom. The molecule has 1 aromatic rings. The fourth-order valence-corrected chi connectivity index (χ4v) is 2.71. The highest BCUT2D eigenvalue weighted by atomic mass is 32.1. The third-order valence-electron chi connectivity index (χ3n) is 2.71. The van der Waals surface area contributed by atoms with Crippen LogP contribution in [0, 0.1) is 5.92 Å². The number of aromatic nitrogens is 1. The lowest BCUT2D eigenvalue weighted by atomic mass is 10.0. The smallest absolute Gasteiger partial charge is 0.107 e. The Morgan fingerprint density at radius 2 is 2.60 bits per heavy atom. The Labute approximate surface area is 95.1 Å². The summed E-state index contributed by atoms with van der Waals surface area (Å²) in [7, 11) is 2.16. The molecule has 0 amide bonds. The van der Waals surface area contributed by atoms with Gasteiger partial charge in [-0.05, 0) is 25.8 Å². The highest BCUT2D eigenvalue weighted by Gasteiger charge is 2.16. The van der Waals surface area contributed by atoms with Crippen molar-refractivity contribution in [2.24, 2.45) is 5.92 Å². The van der Waals surface area contributed by atoms with Crippen LogP contribution in [-0.4, -0.2) is 36.7 Å². The van der Waals surface area contributed by atoms with Crippen LogP contribution in [0.2, 0.25) is 0 Å². The average molecular weight is 226 g/mol. The van der Waals surface area contributed by atoms with Crippen molar-refractivity contribution in [2.75, 3.05) is 26.8 Å². The summed E-state index contributed by atoms with van der Waals surface area (Å²) in [5.74, 6) is 0.712. The largest absolute Gasteiger partial charge is 0.381 e. The molecular weight excluding hydrogens is 208 g/mol. The van der Waals surface area contributed by atoms with Gasteiger partial charge in [-0.2, -0.15) is 0 Å². The van der Waals surface area contributed by atoms with Gasteiger partial charge in [0.25, 0.3) is 0 Å². The van der Waals surface area contributed by atoms with Gasteiger partial charge in [-0.3, -0.25) is 4.90 Å². The Hall–Kier alpha value is -0.450. The van der Waals surface area contributed by atoms with E-state index in [1.54, 1.807) is 11.3 Å². The van der Waals surface area contributed by atoms with Gasteiger partial charge in [-0.15, -0.1) is 11.3 Å². The molecule has 0 radical (unpaired) electrons. The zero-order valence-electron chi connectivity index (χ0n) is 9.19. The van der Waals surface area contributed by atoms with Gasteiger partial charge in [0.05, 0.1) is 13.2 Å². The molecule has 0 aromatic carbocycles. The first kappa shape index (κ1) is 11.0. The first-order chi connectivity index (χ1) is 7.34. The maximum atomic E-state index is 5.48. The SMILES string of the molecule is CN(Cc1nccs1)C[C@H]1CCCOC1. The van der Waals surface area contributed by atoms with Crippen LogP contribution in [0.15, 0.2) is 11.6 Å². The number of hydrogen-bond donors (Lipinski definition) is 0. The van der Waals surface area contributed by atoms with Crippen LogP contribution in [0.25, 0.3) is 0 Å². The average Bonchev–Trinajstić information content (AvgIpc) is 2.71. The molecule has 84 valence electrons. The second-order valence-electron chi connectivity index (χ2n) is 4.21. The summed E-state index contributed by atoms with van der Waals surface area (Å²) in [5, 5.41) is 3.24. The molecule has 0 aliphatic carbocycles. The predicted molar refractivity (Wildman–Crippen MR) is 62.0 cm³/mol. The molecule has 0 bridgehead atoms. The van der Waals surface area contributed by atoms with Crippen molar-refractivity contribution in [1.29, 1.82) is 0 Å². The lowest BCUT2D eigenvalue weighted by Crippen LogP contribution is -2.30. The minimum atomic E-state index is 0.712. The Kier molecular flexibility index (Phi) is 4.11. The summed E-state index contributed by atoms with van der Waals surface area (Å²) >= 11 is 1.73. The molecule has 0 N–H and O–H groups in total. The van der Waals surface area contributed by atoms with Crippen LogP contribution in [0.1, 0.15) is 17.8 Å². The third kappa shape index (κ3) is 3.55. The molecule has 1 atom stereocenters. The second kappa shape index (κ2) is 5.58. The number of hydrogen-bond acceptors (Lipinski definition) is 4. The Balaban J connectivity index is 1.74. The van der Waals surface area contributed by atoms with Gasteiger partial charge < -0.3 is 4.74 Å². The van der Waals surface area contributed by atoms with E-state index in [-0.39, 0.29) is 0 Å². The Bertz CT molecular complexity index is 270. The standard InChI is InChI=1S/C11H18N2OS/c1-13(8-11-12-4-6-15-11)7-10-3-2-5-14-9-10/h4,6,10H,2-3,5,7-9H2,1H3/t10-/m1/s1. The van der Waals surface area contributed by atoms with Crippen LogP contribution in [0.5, 0.6) is 0 Å². The monoisotopic (exact) mass is 226 g/mol. The number of rotatable bonds is 4. The zero-order chi connectivity index (χ0) is 10.5. The minimum absolute atomic E-state index is 0.712. The first-order valence-electron chi connectivity index (χ1n) is 5.49. The van der Waals surface area contributed by atoms with Crippen LogP contribution in [-0.2, 0) is 11.3 Å². The van der Waals surface area contributed by atoms with Gasteiger partial charge >= 0.3 is 0 Å². The van der Waals surface area contributed by atoms with E-state index in [0.29, 0.717) is 5.92 Å². The fraction of sp³-hybridized carbons (Fsp3) is 0.727. The van der Waals surface area contributed by atoms with Crippen molar-refractivity contribution in [2.45, 2.75) is 19.4 Å². The van der Waals surface area contributed by atoms with Crippen molar-refractivity contribution in [3.63, 3.8) is 0 Å². The maximum absolute atomic E-state index is 5.48. The van der Waals surface area contributed by atoms with E-state index in [1.807, 2.05) is 11.6 Å². The number of thiazole rings is 1. The molecule has 15 heavy (non-hydrogen) atoms. The molecule has 0 saturated carbocycles. The highest BCUT2D eigenvalue weighted by molar-refractivity contribution is 7.09. The molecule has 3 nitrogen and oxygen atoms in total. The van der Waals surface area contributed by atoms with Gasteiger partial charge in [-0.1, -0.05) is 0 Å². The molecule has 2 heterocycles. The van der Waals surface area contributed by atoms with Gasteiger partial charge in [0.15, 0.2) is 0 Å². The highest BCUT2D eigenvalue weighted by Crippen LogP contribution is 2.15. The van der Waals surface area contributed by atoms with Crippen LogP contribution >= 0.6 is 11.3 Å². The number of nitrogens with zero attached hydrogens (tertiary/aromatic N) is 2. The topological polar surface area (TPSA) is 25.4 Å². The van der Waals surface area contributed by atoms with Gasteiger partial charge in [0, 0.05) is 24.7 Å². The second-order valence-corrected chi connectivity index (χ2v) is 5.18. The molecule has 0 spiro atoms. The predicted octanol–water partition coefficient (Wildman–Crippen LogP) is 2.00. The van der Waals surface area contributed by atoms with Crippen molar-refractivity contribution in [1.82, 2.24) is 9.88 Å². The van der Waals surface area contributed by atoms with E-state index in [1.165, 1.54) is 17.8 Å². The van der Waals surface area contributed by atoms with E-state index in [4.69, 9.17) is 4.74 Å². The lowest BCUT2D eigenvalue weighted by molar-refractivity contribution is 0.0411. The molecule has 1 saturated heterocycles. The van der Waals surface area contributed by atoms with E-state index in [0.717, 1.165) is 26.3 Å². The Morgan fingerprint density at radius 1 is 1.67 bits per heavy atom. The molecule has 1 aliphatic heterocycles. The normalized spacial score (nSPS) is 22.1. The van der Waals surface area contributed by atoms with Crippen molar-refractivity contribution in [3.05, 3.63) is 16.6 Å². The van der Waals surface area contributed by atoms with E-state index in [9.17, 15) is 0 Å². The van der Waals surface area contributed by atoms with Crippen molar-refractivity contribution in [3.8, 4) is 0 Å². The van der Waals surface area contributed by atoms with Gasteiger partial charge in [0.1, 0.15) is 5.01 Å². The molecule has 4 heteroatoms. The summed E-state index contributed by atoms with van der Waals surface area (Å²) in [6, 6.07) is 0. The van der Waals surface area contributed by atoms with Gasteiger partial charge in [0.2, 0.25) is 0 Å². The summed E-state index contributed by atoms with van der Waals surface area (Å²) in [4.78, 5) is 6.64. The summed E-state index contributed by atoms with van der Waals surface area (Å²) < 4.78 is 5.48. The van der Waals surface area contributed by atoms with Crippen LogP contribution < -0.4 is 0 Å². The first-order valence-corrected chi connectivity index (χ1v) is 6.37. The molecule has 0 unspecified atom stereocenters. The van der Waals surface area contributed by atoms with Gasteiger partial charge in [-0.25, -0.2) is 4.98 Å². The van der Waals surface area contributed by atoms with Crippen LogP contribution in [0.3, 0.4) is 0 Å². The maximum Gasteiger partial charge on any atom is 0.107 e. The molecule has 2 rings (SSSR count). The third-order valence-corrected chi connectivity index (χ3v) is 3.48. The zero-order valence-corrected chi connectivity index (χ0v) is 10.0. The van der Waals surface area contributed by atoms with E-state index in [2.05, 4.69) is 16.9 Å². The quantitative estimate of drug-likeness (QED) is 0.785. The molecular formula is C11H18N2OS. The summed E-state index contributed by atoms with van der Waals surface area (Å²) in [6.07, 6.45) is 4.40. The fourth-order valence-electron chi connectivity index (χ4n) is 2.02. The summed E-state index contributed by atoms with van der Waals surface area (Å²) in [6.45, 7) is 3.97. The van der Waals surface area contributed by atoms with Crippen molar-refractivity contribution >= 4 is 11.3 Å². The summed E-state index contributed by atoms with van der Waals surface area (Å²) in [5.41, 5.74) is 0. The van der Waals surface area contributed by atoms with E-state index >= 15 is 0 Å². The van der Waals surface area contributed by atoms with E-state index < -0.39 is 0 Å². The van der Waals surface area contributed by atoms with Crippen LogP contribution in [0.4, 0.5) is 0 Å². The number of ether oxygens (including phenoxy) is 1. The molecule has 1 aromatic heterocycles. The minimum Gasteiger partial charge on any atom is -0.381 e. The molecule has 1 aliphatic rings. The molecule has 1 fully saturated rings. The van der Waals surface area contributed by atoms with Crippen molar-refractivity contribution < 1.29 is 4.74 Å².